The molecule has 5 heterocycles. The highest BCUT2D eigenvalue weighted by Gasteiger charge is 2.18. The van der Waals surface area contributed by atoms with Crippen LogP contribution in [0.5, 0.6) is 0 Å². The van der Waals surface area contributed by atoms with Crippen molar-refractivity contribution in [2.75, 3.05) is 31.6 Å². The lowest BCUT2D eigenvalue weighted by Gasteiger charge is -2.26. The van der Waals surface area contributed by atoms with Gasteiger partial charge in [0.05, 0.1) is 25.1 Å². The number of carbonyl (C=O) groups is 1. The lowest BCUT2D eigenvalue weighted by atomic mass is 10.0. The Kier molecular flexibility index (Phi) is 6.45. The predicted molar refractivity (Wildman–Crippen MR) is 142 cm³/mol. The maximum atomic E-state index is 12.7. The normalized spacial score (nSPS) is 17.2. The van der Waals surface area contributed by atoms with Gasteiger partial charge in [0.15, 0.2) is 10.8 Å². The second kappa shape index (κ2) is 10.3. The maximum absolute atomic E-state index is 12.7. The fraction of sp³-hybridized carbons (Fsp3) is 0.222. The minimum atomic E-state index is 0.0187. The van der Waals surface area contributed by atoms with Crippen LogP contribution in [0.3, 0.4) is 0 Å². The van der Waals surface area contributed by atoms with Gasteiger partial charge in [-0.05, 0) is 36.3 Å². The number of hydrogen-bond acceptors (Lipinski definition) is 8. The Labute approximate surface area is 217 Å². The van der Waals surface area contributed by atoms with Crippen molar-refractivity contribution in [2.24, 2.45) is 10.9 Å². The van der Waals surface area contributed by atoms with Gasteiger partial charge in [-0.15, -0.1) is 11.3 Å². The largest absolute Gasteiger partial charge is 0.378 e. The van der Waals surface area contributed by atoms with Gasteiger partial charge in [0.25, 0.3) is 5.91 Å². The van der Waals surface area contributed by atoms with Crippen molar-refractivity contribution < 1.29 is 9.53 Å². The van der Waals surface area contributed by atoms with E-state index in [2.05, 4.69) is 32.1 Å². The molecule has 1 saturated heterocycles. The number of fused-ring (bicyclic) bond motifs is 1. The molecule has 0 bridgehead atoms. The molecule has 10 heteroatoms. The van der Waals surface area contributed by atoms with Gasteiger partial charge in [0.2, 0.25) is 0 Å². The standard InChI is InChI=1S/C27H23N7O2S/c35-26(33-12-14-36-15-13-33)21-4-2-20(3-5-21)23-7-8-25-30-18-22(34(25)32-23)6-1-19-9-10-28-24(17-19)31-27-29-11-16-37-27/h2-5,7-8,10-11,16-19H,9,12-15H2,(H,29,31). The Hall–Kier alpha value is -4.33. The van der Waals surface area contributed by atoms with Crippen LogP contribution in [-0.4, -0.2) is 62.9 Å². The number of ether oxygens (including phenoxy) is 1. The molecule has 6 rings (SSSR count). The quantitative estimate of drug-likeness (QED) is 0.421. The van der Waals surface area contributed by atoms with E-state index in [9.17, 15) is 4.79 Å². The van der Waals surface area contributed by atoms with Crippen LogP contribution in [0.15, 0.2) is 71.1 Å². The number of aliphatic imine (C=N–C) groups is 1. The van der Waals surface area contributed by atoms with E-state index in [1.54, 1.807) is 16.9 Å². The highest BCUT2D eigenvalue weighted by molar-refractivity contribution is 7.13. The highest BCUT2D eigenvalue weighted by atomic mass is 32.1. The maximum Gasteiger partial charge on any atom is 0.254 e. The Bertz CT molecular complexity index is 1540. The number of nitrogens with zero attached hydrogens (tertiary/aromatic N) is 6. The summed E-state index contributed by atoms with van der Waals surface area (Å²) in [5, 5.41) is 10.7. The summed E-state index contributed by atoms with van der Waals surface area (Å²) in [6.45, 7) is 2.41. The molecule has 1 amide bonds. The van der Waals surface area contributed by atoms with Gasteiger partial charge in [-0.1, -0.05) is 18.1 Å². The first-order valence-electron chi connectivity index (χ1n) is 12.0. The first-order valence-corrected chi connectivity index (χ1v) is 12.9. The van der Waals surface area contributed by atoms with Crippen molar-refractivity contribution in [3.63, 3.8) is 0 Å². The van der Waals surface area contributed by atoms with Gasteiger partial charge in [-0.3, -0.25) is 4.79 Å². The van der Waals surface area contributed by atoms with Crippen LogP contribution in [0.25, 0.3) is 16.9 Å². The van der Waals surface area contributed by atoms with Gasteiger partial charge in [-0.2, -0.15) is 5.10 Å². The number of rotatable bonds is 4. The van der Waals surface area contributed by atoms with Crippen LogP contribution in [-0.2, 0) is 4.74 Å². The molecule has 3 aromatic heterocycles. The Morgan fingerprint density at radius 2 is 1.97 bits per heavy atom. The molecule has 1 N–H and O–H groups in total. The third-order valence-electron chi connectivity index (χ3n) is 6.09. The average Bonchev–Trinajstić information content (AvgIpc) is 3.62. The summed E-state index contributed by atoms with van der Waals surface area (Å²) in [4.78, 5) is 27.7. The number of nitrogens with one attached hydrogen (secondary N) is 1. The van der Waals surface area contributed by atoms with E-state index >= 15 is 0 Å². The summed E-state index contributed by atoms with van der Waals surface area (Å²) in [5.41, 5.74) is 3.78. The van der Waals surface area contributed by atoms with Gasteiger partial charge in [0, 0.05) is 54.3 Å². The van der Waals surface area contributed by atoms with Crippen LogP contribution in [0.4, 0.5) is 5.13 Å². The number of carbonyl (C=O) groups excluding carboxylic acids is 1. The third kappa shape index (κ3) is 5.14. The van der Waals surface area contributed by atoms with Gasteiger partial charge in [-0.25, -0.2) is 19.5 Å². The highest BCUT2D eigenvalue weighted by Crippen LogP contribution is 2.21. The number of aromatic nitrogens is 4. The number of imidazole rings is 1. The Morgan fingerprint density at radius 1 is 1.11 bits per heavy atom. The minimum Gasteiger partial charge on any atom is -0.378 e. The summed E-state index contributed by atoms with van der Waals surface area (Å²) in [7, 11) is 0. The number of thiazole rings is 1. The van der Waals surface area contributed by atoms with Crippen molar-refractivity contribution in [3.8, 4) is 23.1 Å². The summed E-state index contributed by atoms with van der Waals surface area (Å²) in [6.07, 6.45) is 8.10. The van der Waals surface area contributed by atoms with E-state index < -0.39 is 0 Å². The van der Waals surface area contributed by atoms with Crippen molar-refractivity contribution >= 4 is 34.2 Å². The predicted octanol–water partition coefficient (Wildman–Crippen LogP) is 3.72. The molecule has 1 unspecified atom stereocenters. The second-order valence-electron chi connectivity index (χ2n) is 8.55. The monoisotopic (exact) mass is 509 g/mol. The molecule has 0 radical (unpaired) electrons. The number of morpholine rings is 1. The Balaban J connectivity index is 1.20. The van der Waals surface area contributed by atoms with Crippen LogP contribution in [0, 0.1) is 17.8 Å². The molecule has 1 aromatic carbocycles. The summed E-state index contributed by atoms with van der Waals surface area (Å²) in [5.74, 6) is 7.33. The zero-order valence-corrected chi connectivity index (χ0v) is 20.7. The van der Waals surface area contributed by atoms with Crippen molar-refractivity contribution in [1.29, 1.82) is 0 Å². The van der Waals surface area contributed by atoms with Crippen LogP contribution in [0.1, 0.15) is 22.5 Å². The number of benzene rings is 1. The van der Waals surface area contributed by atoms with Crippen molar-refractivity contribution in [2.45, 2.75) is 6.42 Å². The zero-order valence-electron chi connectivity index (χ0n) is 19.9. The zero-order chi connectivity index (χ0) is 25.0. The fourth-order valence-electron chi connectivity index (χ4n) is 4.15. The van der Waals surface area contributed by atoms with Gasteiger partial charge >= 0.3 is 0 Å². The summed E-state index contributed by atoms with van der Waals surface area (Å²) in [6, 6.07) is 11.4. The molecule has 2 aliphatic heterocycles. The van der Waals surface area contributed by atoms with Crippen LogP contribution in [0.2, 0.25) is 0 Å². The number of amides is 1. The first kappa shape index (κ1) is 23.1. The number of allylic oxidation sites excluding steroid dienone is 1. The minimum absolute atomic E-state index is 0.0187. The van der Waals surface area contributed by atoms with Crippen LogP contribution < -0.4 is 5.32 Å². The number of anilines is 1. The topological polar surface area (TPSA) is 97.0 Å². The molecule has 0 spiro atoms. The summed E-state index contributed by atoms with van der Waals surface area (Å²) >= 11 is 1.52. The molecule has 37 heavy (non-hydrogen) atoms. The van der Waals surface area contributed by atoms with Crippen molar-refractivity contribution in [1.82, 2.24) is 24.5 Å². The van der Waals surface area contributed by atoms with E-state index in [0.717, 1.165) is 34.3 Å². The van der Waals surface area contributed by atoms with Crippen LogP contribution >= 0.6 is 11.3 Å². The molecule has 0 saturated carbocycles. The van der Waals surface area contributed by atoms with Gasteiger partial charge < -0.3 is 15.0 Å². The molecule has 1 fully saturated rings. The average molecular weight is 510 g/mol. The van der Waals surface area contributed by atoms with Crippen molar-refractivity contribution in [3.05, 3.63) is 77.3 Å². The Morgan fingerprint density at radius 3 is 2.78 bits per heavy atom. The SMILES string of the molecule is O=C(c1ccc(-c2ccc3ncc(C#CC4C=C(Nc5nccs5)N=CC4)n3n2)cc1)N1CCOCC1. The smallest absolute Gasteiger partial charge is 0.254 e. The lowest BCUT2D eigenvalue weighted by Crippen LogP contribution is -2.40. The van der Waals surface area contributed by atoms with E-state index in [1.165, 1.54) is 11.3 Å². The molecular weight excluding hydrogens is 486 g/mol. The summed E-state index contributed by atoms with van der Waals surface area (Å²) < 4.78 is 7.10. The third-order valence-corrected chi connectivity index (χ3v) is 6.78. The molecular formula is C27H23N7O2S. The van der Waals surface area contributed by atoms with E-state index in [4.69, 9.17) is 9.84 Å². The molecule has 1 atom stereocenters. The second-order valence-corrected chi connectivity index (χ2v) is 9.45. The molecule has 4 aromatic rings. The lowest BCUT2D eigenvalue weighted by molar-refractivity contribution is 0.0303. The van der Waals surface area contributed by atoms with E-state index in [-0.39, 0.29) is 11.8 Å². The molecule has 0 aliphatic carbocycles. The van der Waals surface area contributed by atoms with Gasteiger partial charge in [0.1, 0.15) is 11.5 Å². The molecule has 184 valence electrons. The first-order chi connectivity index (χ1) is 18.2. The van der Waals surface area contributed by atoms with E-state index in [0.29, 0.717) is 37.6 Å². The van der Waals surface area contributed by atoms with E-state index in [1.807, 2.05) is 59.0 Å². The molecule has 2 aliphatic rings. The molecule has 9 nitrogen and oxygen atoms in total. The number of hydrogen-bond donors (Lipinski definition) is 1. The fourth-order valence-corrected chi connectivity index (χ4v) is 4.68.